The third-order valence-corrected chi connectivity index (χ3v) is 6.29. The van der Waals surface area contributed by atoms with Gasteiger partial charge in [0.2, 0.25) is 5.91 Å². The first-order chi connectivity index (χ1) is 10.9. The average Bonchev–Trinajstić information content (AvgIpc) is 3.05. The fourth-order valence-electron chi connectivity index (χ4n) is 4.84. The summed E-state index contributed by atoms with van der Waals surface area (Å²) in [5.41, 5.74) is 3.81. The van der Waals surface area contributed by atoms with Crippen molar-refractivity contribution in [1.82, 2.24) is 4.90 Å². The number of anilines is 1. The molecule has 1 spiro atoms. The molecule has 23 heavy (non-hydrogen) atoms. The first-order valence-corrected chi connectivity index (χ1v) is 8.71. The summed E-state index contributed by atoms with van der Waals surface area (Å²) in [6, 6.07) is 5.54. The minimum Gasteiger partial charge on any atom is -0.492 e. The number of ether oxygens (including phenoxy) is 1. The lowest BCUT2D eigenvalue weighted by molar-refractivity contribution is -0.116. The molecule has 1 aromatic rings. The highest BCUT2D eigenvalue weighted by molar-refractivity contribution is 5.94. The summed E-state index contributed by atoms with van der Waals surface area (Å²) < 4.78 is 6.12. The molecule has 2 atom stereocenters. The maximum atomic E-state index is 11.9. The molecule has 1 saturated heterocycles. The number of piperidine rings is 1. The summed E-state index contributed by atoms with van der Waals surface area (Å²) in [5.74, 6) is 1.19. The topological polar surface area (TPSA) is 32.8 Å². The maximum absolute atomic E-state index is 11.9. The van der Waals surface area contributed by atoms with Gasteiger partial charge in [-0.25, -0.2) is 0 Å². The lowest BCUT2D eigenvalue weighted by Gasteiger charge is -2.45. The molecule has 0 radical (unpaired) electrons. The molecule has 3 aliphatic heterocycles. The molecule has 2 unspecified atom stereocenters. The van der Waals surface area contributed by atoms with Gasteiger partial charge in [0.15, 0.2) is 0 Å². The molecular weight excluding hydrogens is 288 g/mol. The Morgan fingerprint density at radius 1 is 1.26 bits per heavy atom. The molecule has 0 bridgehead atoms. The van der Waals surface area contributed by atoms with Crippen LogP contribution in [0.3, 0.4) is 0 Å². The van der Waals surface area contributed by atoms with Crippen molar-refractivity contribution in [3.05, 3.63) is 23.3 Å². The van der Waals surface area contributed by atoms with Crippen molar-refractivity contribution in [1.29, 1.82) is 0 Å². The first kappa shape index (κ1) is 15.0. The second kappa shape index (κ2) is 4.97. The Balaban J connectivity index is 1.77. The lowest BCUT2D eigenvalue weighted by Crippen LogP contribution is -2.51. The van der Waals surface area contributed by atoms with Crippen molar-refractivity contribution in [2.24, 2.45) is 0 Å². The fraction of sp³-hybridized carbons (Fsp3) is 0.632. The summed E-state index contributed by atoms with van der Waals surface area (Å²) in [4.78, 5) is 16.3. The van der Waals surface area contributed by atoms with Crippen LogP contribution in [0.1, 0.15) is 44.7 Å². The Kier molecular flexibility index (Phi) is 3.24. The van der Waals surface area contributed by atoms with Gasteiger partial charge in [-0.1, -0.05) is 0 Å². The van der Waals surface area contributed by atoms with Crippen molar-refractivity contribution in [2.75, 3.05) is 25.1 Å². The molecule has 0 saturated carbocycles. The molecule has 3 aliphatic rings. The third-order valence-electron chi connectivity index (χ3n) is 6.29. The van der Waals surface area contributed by atoms with E-state index in [-0.39, 0.29) is 11.3 Å². The number of rotatable bonds is 0. The SMILES string of the molecule is CC(=O)N1CCc2cc3c(cc21)C1(CO3)CC(C)N(C)C(C)C1. The number of amides is 1. The van der Waals surface area contributed by atoms with Crippen LogP contribution in [0.25, 0.3) is 0 Å². The van der Waals surface area contributed by atoms with Crippen LogP contribution in [-0.4, -0.2) is 43.1 Å². The normalized spacial score (nSPS) is 32.8. The van der Waals surface area contributed by atoms with Gasteiger partial charge in [0.05, 0.1) is 6.61 Å². The van der Waals surface area contributed by atoms with Gasteiger partial charge in [-0.3, -0.25) is 4.79 Å². The van der Waals surface area contributed by atoms with Crippen molar-refractivity contribution in [2.45, 2.75) is 57.5 Å². The van der Waals surface area contributed by atoms with Crippen molar-refractivity contribution >= 4 is 11.6 Å². The molecular formula is C19H26N2O2. The Bertz CT molecular complexity index is 658. The second-order valence-corrected chi connectivity index (χ2v) is 7.74. The minimum absolute atomic E-state index is 0.112. The van der Waals surface area contributed by atoms with Gasteiger partial charge in [0.1, 0.15) is 5.75 Å². The van der Waals surface area contributed by atoms with Crippen molar-refractivity contribution in [3.63, 3.8) is 0 Å². The number of hydrogen-bond donors (Lipinski definition) is 0. The highest BCUT2D eigenvalue weighted by atomic mass is 16.5. The van der Waals surface area contributed by atoms with Crippen LogP contribution in [0, 0.1) is 0 Å². The number of likely N-dealkylation sites (tertiary alicyclic amines) is 1. The van der Waals surface area contributed by atoms with Crippen LogP contribution in [0.15, 0.2) is 12.1 Å². The zero-order valence-corrected chi connectivity index (χ0v) is 14.6. The molecule has 1 fully saturated rings. The molecule has 4 rings (SSSR count). The van der Waals surface area contributed by atoms with Crippen LogP contribution >= 0.6 is 0 Å². The fourth-order valence-corrected chi connectivity index (χ4v) is 4.84. The van der Waals surface area contributed by atoms with E-state index in [1.165, 1.54) is 11.1 Å². The quantitative estimate of drug-likeness (QED) is 0.738. The van der Waals surface area contributed by atoms with Crippen LogP contribution in [-0.2, 0) is 16.6 Å². The van der Waals surface area contributed by atoms with Gasteiger partial charge in [-0.05, 0) is 57.9 Å². The van der Waals surface area contributed by atoms with Crippen LogP contribution in [0.5, 0.6) is 5.75 Å². The molecule has 1 aromatic carbocycles. The molecule has 124 valence electrons. The number of carbonyl (C=O) groups is 1. The van der Waals surface area contributed by atoms with Crippen LogP contribution in [0.2, 0.25) is 0 Å². The van der Waals surface area contributed by atoms with Crippen molar-refractivity contribution < 1.29 is 9.53 Å². The zero-order valence-electron chi connectivity index (χ0n) is 14.6. The van der Waals surface area contributed by atoms with Gasteiger partial charge in [0.25, 0.3) is 0 Å². The predicted molar refractivity (Wildman–Crippen MR) is 91.3 cm³/mol. The second-order valence-electron chi connectivity index (χ2n) is 7.74. The molecule has 0 aromatic heterocycles. The van der Waals surface area contributed by atoms with E-state index in [0.717, 1.165) is 43.9 Å². The Hall–Kier alpha value is -1.55. The number of benzene rings is 1. The Morgan fingerprint density at radius 2 is 1.96 bits per heavy atom. The molecule has 3 heterocycles. The van der Waals surface area contributed by atoms with Gasteiger partial charge in [-0.15, -0.1) is 0 Å². The Morgan fingerprint density at radius 3 is 2.61 bits per heavy atom. The van der Waals surface area contributed by atoms with Crippen LogP contribution < -0.4 is 9.64 Å². The van der Waals surface area contributed by atoms with E-state index < -0.39 is 0 Å². The molecule has 0 N–H and O–H groups in total. The van der Waals surface area contributed by atoms with E-state index in [1.54, 1.807) is 6.92 Å². The molecule has 1 amide bonds. The van der Waals surface area contributed by atoms with Gasteiger partial charge >= 0.3 is 0 Å². The van der Waals surface area contributed by atoms with Crippen LogP contribution in [0.4, 0.5) is 5.69 Å². The summed E-state index contributed by atoms with van der Waals surface area (Å²) >= 11 is 0. The number of carbonyl (C=O) groups excluding carboxylic acids is 1. The van der Waals surface area contributed by atoms with Gasteiger partial charge in [-0.2, -0.15) is 0 Å². The van der Waals surface area contributed by atoms with E-state index in [0.29, 0.717) is 12.1 Å². The van der Waals surface area contributed by atoms with E-state index in [1.807, 2.05) is 4.90 Å². The molecule has 4 nitrogen and oxygen atoms in total. The summed E-state index contributed by atoms with van der Waals surface area (Å²) in [6.45, 7) is 7.87. The van der Waals surface area contributed by atoms with Gasteiger partial charge < -0.3 is 14.5 Å². The van der Waals surface area contributed by atoms with E-state index in [9.17, 15) is 4.79 Å². The zero-order chi connectivity index (χ0) is 16.4. The highest BCUT2D eigenvalue weighted by Crippen LogP contribution is 2.50. The monoisotopic (exact) mass is 314 g/mol. The van der Waals surface area contributed by atoms with E-state index in [4.69, 9.17) is 4.74 Å². The highest BCUT2D eigenvalue weighted by Gasteiger charge is 2.47. The minimum atomic E-state index is 0.112. The van der Waals surface area contributed by atoms with Crippen molar-refractivity contribution in [3.8, 4) is 5.75 Å². The molecule has 4 heteroatoms. The van der Waals surface area contributed by atoms with E-state index in [2.05, 4.69) is 37.9 Å². The van der Waals surface area contributed by atoms with E-state index >= 15 is 0 Å². The lowest BCUT2D eigenvalue weighted by atomic mass is 9.69. The average molecular weight is 314 g/mol. The molecule has 0 aliphatic carbocycles. The third kappa shape index (κ3) is 2.11. The standard InChI is InChI=1S/C19H26N2O2/c1-12-9-19(10-13(2)20(12)4)11-23-18-7-15-5-6-21(14(3)22)17(15)8-16(18)19/h7-8,12-13H,5-6,9-11H2,1-4H3. The first-order valence-electron chi connectivity index (χ1n) is 8.71. The smallest absolute Gasteiger partial charge is 0.223 e. The maximum Gasteiger partial charge on any atom is 0.223 e. The number of fused-ring (bicyclic) bond motifs is 3. The summed E-state index contributed by atoms with van der Waals surface area (Å²) in [6.07, 6.45) is 3.19. The van der Waals surface area contributed by atoms with Gasteiger partial charge in [0, 0.05) is 42.2 Å². The predicted octanol–water partition coefficient (Wildman–Crippen LogP) is 2.73. The summed E-state index contributed by atoms with van der Waals surface area (Å²) in [7, 11) is 2.22. The number of nitrogens with zero attached hydrogens (tertiary/aromatic N) is 2. The summed E-state index contributed by atoms with van der Waals surface area (Å²) in [5, 5.41) is 0. The number of hydrogen-bond acceptors (Lipinski definition) is 3. The Labute approximate surface area is 138 Å². The largest absolute Gasteiger partial charge is 0.492 e.